The molecule has 2 N–H and O–H groups in total. The van der Waals surface area contributed by atoms with E-state index in [9.17, 15) is 10.1 Å². The van der Waals surface area contributed by atoms with Gasteiger partial charge in [0.2, 0.25) is 0 Å². The Balaban J connectivity index is 2.02. The number of H-pyrrole nitrogens is 1. The van der Waals surface area contributed by atoms with Gasteiger partial charge in [0.15, 0.2) is 0 Å². The molecule has 0 aliphatic rings. The molecule has 7 heteroatoms. The highest BCUT2D eigenvalue weighted by Gasteiger charge is 2.13. The summed E-state index contributed by atoms with van der Waals surface area (Å²) in [4.78, 5) is 17.3. The van der Waals surface area contributed by atoms with Gasteiger partial charge in [-0.15, -0.1) is 0 Å². The molecule has 0 saturated carbocycles. The minimum absolute atomic E-state index is 0.0212. The molecule has 6 nitrogen and oxygen atoms in total. The van der Waals surface area contributed by atoms with Crippen LogP contribution in [0.15, 0.2) is 30.7 Å². The van der Waals surface area contributed by atoms with Crippen LogP contribution in [0.4, 0.5) is 11.4 Å². The summed E-state index contributed by atoms with van der Waals surface area (Å²) in [5, 5.41) is 14.2. The van der Waals surface area contributed by atoms with Gasteiger partial charge < -0.3 is 10.3 Å². The SMILES string of the molecule is O=[N+]([O-])c1cc(Cl)ccc1NCCc1cnc[nH]1. The Bertz CT molecular complexity index is 542. The zero-order valence-electron chi connectivity index (χ0n) is 9.39. The van der Waals surface area contributed by atoms with Crippen LogP contribution in [0.3, 0.4) is 0 Å². The van der Waals surface area contributed by atoms with Crippen molar-refractivity contribution in [3.63, 3.8) is 0 Å². The second-order valence-corrected chi connectivity index (χ2v) is 4.11. The molecule has 0 aliphatic carbocycles. The average molecular weight is 267 g/mol. The molecule has 0 spiro atoms. The number of anilines is 1. The molecule has 2 aromatic rings. The van der Waals surface area contributed by atoms with Gasteiger partial charge in [-0.3, -0.25) is 10.1 Å². The Kier molecular flexibility index (Phi) is 3.78. The molecule has 1 aromatic carbocycles. The number of rotatable bonds is 5. The van der Waals surface area contributed by atoms with Crippen LogP contribution in [0, 0.1) is 10.1 Å². The minimum Gasteiger partial charge on any atom is -0.379 e. The number of halogens is 1. The van der Waals surface area contributed by atoms with Gasteiger partial charge in [0.05, 0.1) is 11.3 Å². The first kappa shape index (κ1) is 12.4. The van der Waals surface area contributed by atoms with E-state index in [1.807, 2.05) is 0 Å². The van der Waals surface area contributed by atoms with Gasteiger partial charge in [-0.05, 0) is 12.1 Å². The molecule has 18 heavy (non-hydrogen) atoms. The predicted molar refractivity (Wildman–Crippen MR) is 68.9 cm³/mol. The van der Waals surface area contributed by atoms with Gasteiger partial charge in [0.25, 0.3) is 5.69 Å². The number of benzene rings is 1. The highest BCUT2D eigenvalue weighted by atomic mass is 35.5. The third-order valence-electron chi connectivity index (χ3n) is 2.42. The van der Waals surface area contributed by atoms with Crippen molar-refractivity contribution in [3.8, 4) is 0 Å². The first-order valence-corrected chi connectivity index (χ1v) is 5.69. The maximum absolute atomic E-state index is 10.9. The number of aromatic amines is 1. The van der Waals surface area contributed by atoms with Crippen LogP contribution in [-0.2, 0) is 6.42 Å². The highest BCUT2D eigenvalue weighted by molar-refractivity contribution is 6.30. The summed E-state index contributed by atoms with van der Waals surface area (Å²) in [7, 11) is 0. The Morgan fingerprint density at radius 2 is 2.33 bits per heavy atom. The lowest BCUT2D eigenvalue weighted by molar-refractivity contribution is -0.383. The van der Waals surface area contributed by atoms with Crippen molar-refractivity contribution in [2.75, 3.05) is 11.9 Å². The largest absolute Gasteiger partial charge is 0.379 e. The molecule has 0 amide bonds. The number of nitro benzene ring substituents is 1. The summed E-state index contributed by atoms with van der Waals surface area (Å²) in [6.07, 6.45) is 4.03. The van der Waals surface area contributed by atoms with Crippen LogP contribution in [-0.4, -0.2) is 21.4 Å². The minimum atomic E-state index is -0.454. The molecule has 0 radical (unpaired) electrons. The van der Waals surface area contributed by atoms with Gasteiger partial charge in [-0.2, -0.15) is 0 Å². The number of hydrogen-bond donors (Lipinski definition) is 2. The lowest BCUT2D eigenvalue weighted by atomic mass is 10.2. The van der Waals surface area contributed by atoms with Crippen molar-refractivity contribution in [2.24, 2.45) is 0 Å². The molecule has 0 atom stereocenters. The second-order valence-electron chi connectivity index (χ2n) is 3.67. The van der Waals surface area contributed by atoms with Crippen molar-refractivity contribution in [1.82, 2.24) is 9.97 Å². The lowest BCUT2D eigenvalue weighted by Crippen LogP contribution is -2.07. The summed E-state index contributed by atoms with van der Waals surface area (Å²) in [6.45, 7) is 0.574. The van der Waals surface area contributed by atoms with Crippen molar-refractivity contribution in [2.45, 2.75) is 6.42 Å². The summed E-state index contributed by atoms with van der Waals surface area (Å²) in [6, 6.07) is 4.56. The molecule has 2 rings (SSSR count). The van der Waals surface area contributed by atoms with Crippen LogP contribution < -0.4 is 5.32 Å². The maximum Gasteiger partial charge on any atom is 0.293 e. The number of nitrogens with one attached hydrogen (secondary N) is 2. The van der Waals surface area contributed by atoms with E-state index >= 15 is 0 Å². The number of aromatic nitrogens is 2. The third-order valence-corrected chi connectivity index (χ3v) is 2.66. The van der Waals surface area contributed by atoms with E-state index < -0.39 is 4.92 Å². The Morgan fingerprint density at radius 3 is 3.00 bits per heavy atom. The fraction of sp³-hybridized carbons (Fsp3) is 0.182. The number of hydrogen-bond acceptors (Lipinski definition) is 4. The number of nitro groups is 1. The Hall–Kier alpha value is -2.08. The van der Waals surface area contributed by atoms with Crippen LogP contribution in [0.2, 0.25) is 5.02 Å². The summed E-state index contributed by atoms with van der Waals surface area (Å²) in [5.74, 6) is 0. The van der Waals surface area contributed by atoms with Crippen molar-refractivity contribution in [1.29, 1.82) is 0 Å². The van der Waals surface area contributed by atoms with E-state index in [0.717, 1.165) is 5.69 Å². The first-order chi connectivity index (χ1) is 8.66. The molecule has 1 heterocycles. The van der Waals surface area contributed by atoms with Crippen LogP contribution in [0.5, 0.6) is 0 Å². The summed E-state index contributed by atoms with van der Waals surface area (Å²) >= 11 is 5.73. The first-order valence-electron chi connectivity index (χ1n) is 5.32. The van der Waals surface area contributed by atoms with E-state index in [4.69, 9.17) is 11.6 Å². The van der Waals surface area contributed by atoms with E-state index in [1.165, 1.54) is 6.07 Å². The van der Waals surface area contributed by atoms with Crippen molar-refractivity contribution >= 4 is 23.0 Å². The molecule has 0 fully saturated rings. The molecule has 94 valence electrons. The second kappa shape index (κ2) is 5.50. The average Bonchev–Trinajstić information content (AvgIpc) is 2.84. The fourth-order valence-corrected chi connectivity index (χ4v) is 1.72. The Morgan fingerprint density at radius 1 is 1.50 bits per heavy atom. The molecule has 0 saturated heterocycles. The quantitative estimate of drug-likeness (QED) is 0.644. The normalized spacial score (nSPS) is 10.3. The highest BCUT2D eigenvalue weighted by Crippen LogP contribution is 2.27. The van der Waals surface area contributed by atoms with Gasteiger partial charge in [-0.25, -0.2) is 4.98 Å². The summed E-state index contributed by atoms with van der Waals surface area (Å²) < 4.78 is 0. The molecular formula is C11H11ClN4O2. The standard InChI is InChI=1S/C11H11ClN4O2/c12-8-1-2-10(11(5-8)16(17)18)14-4-3-9-6-13-7-15-9/h1-2,5-7,14H,3-4H2,(H,13,15). The van der Waals surface area contributed by atoms with Crippen LogP contribution in [0.25, 0.3) is 0 Å². The molecule has 1 aromatic heterocycles. The third kappa shape index (κ3) is 2.98. The van der Waals surface area contributed by atoms with Gasteiger partial charge in [0, 0.05) is 35.9 Å². The Labute approximate surface area is 108 Å². The van der Waals surface area contributed by atoms with Gasteiger partial charge >= 0.3 is 0 Å². The van der Waals surface area contributed by atoms with E-state index in [0.29, 0.717) is 23.7 Å². The van der Waals surface area contributed by atoms with Gasteiger partial charge in [-0.1, -0.05) is 11.6 Å². The monoisotopic (exact) mass is 266 g/mol. The van der Waals surface area contributed by atoms with Crippen LogP contribution >= 0.6 is 11.6 Å². The van der Waals surface area contributed by atoms with E-state index in [2.05, 4.69) is 15.3 Å². The van der Waals surface area contributed by atoms with Crippen molar-refractivity contribution < 1.29 is 4.92 Å². The zero-order valence-corrected chi connectivity index (χ0v) is 10.1. The number of imidazole rings is 1. The topological polar surface area (TPSA) is 83.8 Å². The molecule has 0 unspecified atom stereocenters. The summed E-state index contributed by atoms with van der Waals surface area (Å²) in [5.41, 5.74) is 1.41. The van der Waals surface area contributed by atoms with Crippen molar-refractivity contribution in [3.05, 3.63) is 51.6 Å². The molecule has 0 aliphatic heterocycles. The number of nitrogens with zero attached hydrogens (tertiary/aromatic N) is 2. The fourth-order valence-electron chi connectivity index (χ4n) is 1.56. The molecular weight excluding hydrogens is 256 g/mol. The van der Waals surface area contributed by atoms with Gasteiger partial charge in [0.1, 0.15) is 5.69 Å². The van der Waals surface area contributed by atoms with Crippen LogP contribution in [0.1, 0.15) is 5.69 Å². The smallest absolute Gasteiger partial charge is 0.293 e. The zero-order chi connectivity index (χ0) is 13.0. The van der Waals surface area contributed by atoms with E-state index in [-0.39, 0.29) is 5.69 Å². The maximum atomic E-state index is 10.9. The molecule has 0 bridgehead atoms. The van der Waals surface area contributed by atoms with E-state index in [1.54, 1.807) is 24.7 Å². The predicted octanol–water partition coefficient (Wildman–Crippen LogP) is 2.63. The lowest BCUT2D eigenvalue weighted by Gasteiger charge is -2.06.